The van der Waals surface area contributed by atoms with Crippen molar-refractivity contribution in [2.45, 2.75) is 11.4 Å². The number of fused-ring (bicyclic) bond motifs is 1. The Morgan fingerprint density at radius 1 is 1.50 bits per heavy atom. The van der Waals surface area contributed by atoms with E-state index in [0.29, 0.717) is 11.3 Å². The summed E-state index contributed by atoms with van der Waals surface area (Å²) in [6.07, 6.45) is 0. The van der Waals surface area contributed by atoms with Crippen molar-refractivity contribution in [1.29, 1.82) is 0 Å². The maximum atomic E-state index is 12.6. The summed E-state index contributed by atoms with van der Waals surface area (Å²) in [6.45, 7) is 0.109. The topological polar surface area (TPSA) is 156 Å². The molecule has 2 aliphatic heterocycles. The molecule has 0 saturated carbocycles. The molecule has 1 fully saturated rings. The van der Waals surface area contributed by atoms with Crippen LogP contribution in [0.25, 0.3) is 0 Å². The molecule has 2 unspecified atom stereocenters. The Bertz CT molecular complexity index is 882. The van der Waals surface area contributed by atoms with Crippen molar-refractivity contribution in [3.63, 3.8) is 0 Å². The molecule has 1 aromatic rings. The minimum atomic E-state index is -1.21. The second-order valence-electron chi connectivity index (χ2n) is 5.74. The molecule has 13 heteroatoms. The lowest BCUT2D eigenvalue weighted by molar-refractivity contribution is -0.150. The van der Waals surface area contributed by atoms with Crippen molar-refractivity contribution in [2.24, 2.45) is 5.16 Å². The molecule has 3 heterocycles. The second-order valence-corrected chi connectivity index (χ2v) is 7.74. The van der Waals surface area contributed by atoms with Crippen LogP contribution in [0.1, 0.15) is 5.69 Å². The van der Waals surface area contributed by atoms with E-state index in [1.165, 1.54) is 30.9 Å². The number of hydrogen-bond acceptors (Lipinski definition) is 10. The van der Waals surface area contributed by atoms with Crippen molar-refractivity contribution in [3.05, 3.63) is 22.3 Å². The van der Waals surface area contributed by atoms with Crippen molar-refractivity contribution in [2.75, 3.05) is 32.3 Å². The Balaban J connectivity index is 1.78. The SMILES string of the molecule is COCC1=C(C(=O)O)N2C(=O)C(NC(=O)/C(=N\OC)c3csc(N)n3)C2SC1. The van der Waals surface area contributed by atoms with Crippen molar-refractivity contribution in [3.8, 4) is 0 Å². The fourth-order valence-corrected chi connectivity index (χ4v) is 4.75. The molecular weight excluding hydrogens is 410 g/mol. The fourth-order valence-electron chi connectivity index (χ4n) is 2.87. The Morgan fingerprint density at radius 2 is 2.25 bits per heavy atom. The number of carbonyl (C=O) groups is 3. The smallest absolute Gasteiger partial charge is 0.352 e. The molecule has 3 rings (SSSR count). The number of oxime groups is 1. The lowest BCUT2D eigenvalue weighted by Gasteiger charge is -2.49. The minimum Gasteiger partial charge on any atom is -0.477 e. The van der Waals surface area contributed by atoms with Crippen molar-refractivity contribution >= 4 is 51.7 Å². The van der Waals surface area contributed by atoms with Gasteiger partial charge in [-0.25, -0.2) is 9.78 Å². The predicted molar refractivity (Wildman–Crippen MR) is 102 cm³/mol. The average Bonchev–Trinajstić information content (AvgIpc) is 3.09. The van der Waals surface area contributed by atoms with Gasteiger partial charge < -0.3 is 25.7 Å². The summed E-state index contributed by atoms with van der Waals surface area (Å²) in [7, 11) is 2.73. The molecule has 0 aliphatic carbocycles. The van der Waals surface area contributed by atoms with E-state index >= 15 is 0 Å². The van der Waals surface area contributed by atoms with Crippen LogP contribution in [-0.4, -0.2) is 76.5 Å². The van der Waals surface area contributed by atoms with Gasteiger partial charge >= 0.3 is 5.97 Å². The summed E-state index contributed by atoms with van der Waals surface area (Å²) < 4.78 is 5.02. The third kappa shape index (κ3) is 3.55. The Morgan fingerprint density at radius 3 is 2.82 bits per heavy atom. The summed E-state index contributed by atoms with van der Waals surface area (Å²) in [4.78, 5) is 46.7. The number of aliphatic carboxylic acids is 1. The number of nitrogens with two attached hydrogens (primary N) is 1. The van der Waals surface area contributed by atoms with Crippen molar-refractivity contribution < 1.29 is 29.1 Å². The van der Waals surface area contributed by atoms with E-state index in [9.17, 15) is 19.5 Å². The van der Waals surface area contributed by atoms with Crippen LogP contribution in [-0.2, 0) is 24.0 Å². The number of rotatable bonds is 7. The van der Waals surface area contributed by atoms with Crippen LogP contribution >= 0.6 is 23.1 Å². The highest BCUT2D eigenvalue weighted by atomic mass is 32.2. The van der Waals surface area contributed by atoms with E-state index in [2.05, 4.69) is 15.5 Å². The summed E-state index contributed by atoms with van der Waals surface area (Å²) in [5.74, 6) is -2.03. The molecule has 0 aromatic carbocycles. The monoisotopic (exact) mass is 427 g/mol. The highest BCUT2D eigenvalue weighted by Crippen LogP contribution is 2.40. The normalized spacial score (nSPS) is 21.9. The lowest BCUT2D eigenvalue weighted by atomic mass is 10.0. The molecule has 0 bridgehead atoms. The molecule has 0 spiro atoms. The van der Waals surface area contributed by atoms with Gasteiger partial charge in [-0.3, -0.25) is 14.5 Å². The first-order valence-electron chi connectivity index (χ1n) is 7.91. The number of amides is 2. The number of carbonyl (C=O) groups excluding carboxylic acids is 2. The van der Waals surface area contributed by atoms with E-state index in [1.807, 2.05) is 0 Å². The number of hydrogen-bond donors (Lipinski definition) is 3. The Hall–Kier alpha value is -2.64. The first kappa shape index (κ1) is 20.1. The van der Waals surface area contributed by atoms with E-state index in [1.54, 1.807) is 5.38 Å². The number of β-lactam (4-membered cyclic amide) rings is 1. The Labute approximate surface area is 167 Å². The summed E-state index contributed by atoms with van der Waals surface area (Å²) >= 11 is 2.47. The molecule has 28 heavy (non-hydrogen) atoms. The second kappa shape index (κ2) is 8.16. The number of methoxy groups -OCH3 is 1. The van der Waals surface area contributed by atoms with Crippen LogP contribution in [0.4, 0.5) is 5.13 Å². The zero-order valence-corrected chi connectivity index (χ0v) is 16.5. The van der Waals surface area contributed by atoms with Gasteiger partial charge in [0, 0.05) is 18.2 Å². The number of nitrogens with one attached hydrogen (secondary N) is 1. The van der Waals surface area contributed by atoms with Crippen molar-refractivity contribution in [1.82, 2.24) is 15.2 Å². The predicted octanol–water partition coefficient (Wildman–Crippen LogP) is -0.539. The molecular formula is C15H17N5O6S2. The number of thiazole rings is 1. The first-order chi connectivity index (χ1) is 13.4. The van der Waals surface area contributed by atoms with Gasteiger partial charge in [0.1, 0.15) is 29.9 Å². The van der Waals surface area contributed by atoms with E-state index < -0.39 is 29.2 Å². The molecule has 2 aliphatic rings. The largest absolute Gasteiger partial charge is 0.477 e. The van der Waals surface area contributed by atoms with Crippen LogP contribution < -0.4 is 11.1 Å². The molecule has 2 atom stereocenters. The average molecular weight is 427 g/mol. The van der Waals surface area contributed by atoms with Crippen LogP contribution in [0.2, 0.25) is 0 Å². The van der Waals surface area contributed by atoms with Crippen LogP contribution in [0, 0.1) is 0 Å². The molecule has 11 nitrogen and oxygen atoms in total. The zero-order chi connectivity index (χ0) is 20.4. The number of anilines is 1. The summed E-state index contributed by atoms with van der Waals surface area (Å²) in [5, 5.41) is 17.0. The van der Waals surface area contributed by atoms with Gasteiger partial charge in [-0.05, 0) is 5.57 Å². The quantitative estimate of drug-likeness (QED) is 0.295. The molecule has 0 radical (unpaired) electrons. The zero-order valence-electron chi connectivity index (χ0n) is 14.9. The lowest BCUT2D eigenvalue weighted by Crippen LogP contribution is -2.71. The number of carboxylic acids is 1. The molecule has 4 N–H and O–H groups in total. The van der Waals surface area contributed by atoms with Gasteiger partial charge in [0.05, 0.1) is 6.61 Å². The fraction of sp³-hybridized carbons (Fsp3) is 0.400. The minimum absolute atomic E-state index is 0.0980. The number of aromatic nitrogens is 1. The number of thioether (sulfide) groups is 1. The number of nitrogens with zero attached hydrogens (tertiary/aromatic N) is 3. The molecule has 2 amide bonds. The van der Waals surface area contributed by atoms with Gasteiger partial charge in [0.2, 0.25) is 0 Å². The maximum Gasteiger partial charge on any atom is 0.352 e. The highest BCUT2D eigenvalue weighted by molar-refractivity contribution is 8.00. The van der Waals surface area contributed by atoms with Gasteiger partial charge in [0.15, 0.2) is 10.8 Å². The van der Waals surface area contributed by atoms with Gasteiger partial charge in [-0.2, -0.15) is 0 Å². The number of nitrogen functional groups attached to an aromatic ring is 1. The highest BCUT2D eigenvalue weighted by Gasteiger charge is 2.54. The van der Waals surface area contributed by atoms with E-state index in [0.717, 1.165) is 11.3 Å². The van der Waals surface area contributed by atoms with Gasteiger partial charge in [0.25, 0.3) is 11.8 Å². The van der Waals surface area contributed by atoms with E-state index in [4.69, 9.17) is 15.3 Å². The standard InChI is InChI=1S/C15H17N5O6S2/c1-25-3-6-4-27-13-9(12(22)20(13)10(6)14(23)24)18-11(21)8(19-26-2)7-5-28-15(16)17-7/h5,9,13H,3-4H2,1-2H3,(H2,16,17)(H,18,21)(H,23,24)/b19-8-. The summed E-state index contributed by atoms with van der Waals surface area (Å²) in [5.41, 5.74) is 6.09. The Kier molecular flexibility index (Phi) is 5.86. The molecule has 1 saturated heterocycles. The van der Waals surface area contributed by atoms with Gasteiger partial charge in [-0.1, -0.05) is 5.16 Å². The van der Waals surface area contributed by atoms with Gasteiger partial charge in [-0.15, -0.1) is 23.1 Å². The maximum absolute atomic E-state index is 12.6. The number of ether oxygens (including phenoxy) is 1. The van der Waals surface area contributed by atoms with Crippen LogP contribution in [0.3, 0.4) is 0 Å². The third-order valence-corrected chi connectivity index (χ3v) is 6.03. The molecule has 1 aromatic heterocycles. The van der Waals surface area contributed by atoms with Crippen LogP contribution in [0.15, 0.2) is 21.8 Å². The number of carboxylic acid groups (broad SMARTS) is 1. The molecule has 150 valence electrons. The van der Waals surface area contributed by atoms with Crippen LogP contribution in [0.5, 0.6) is 0 Å². The summed E-state index contributed by atoms with van der Waals surface area (Å²) in [6, 6.07) is -0.894. The van der Waals surface area contributed by atoms with E-state index in [-0.39, 0.29) is 28.8 Å². The third-order valence-electron chi connectivity index (χ3n) is 4.02. The first-order valence-corrected chi connectivity index (χ1v) is 9.84.